The Bertz CT molecular complexity index is 461. The van der Waals surface area contributed by atoms with Gasteiger partial charge < -0.3 is 9.64 Å². The Balaban J connectivity index is 1.96. The summed E-state index contributed by atoms with van der Waals surface area (Å²) in [5.74, 6) is -0.0577. The second kappa shape index (κ2) is 4.48. The summed E-state index contributed by atoms with van der Waals surface area (Å²) in [6.45, 7) is 1.52. The maximum atomic E-state index is 11.7. The molecule has 4 heteroatoms. The molecule has 2 aliphatic heterocycles. The predicted octanol–water partition coefficient (Wildman–Crippen LogP) is 2.30. The van der Waals surface area contributed by atoms with Gasteiger partial charge in [-0.3, -0.25) is 0 Å². The second-order valence-electron chi connectivity index (χ2n) is 4.46. The maximum absolute atomic E-state index is 11.7. The van der Waals surface area contributed by atoms with E-state index >= 15 is 0 Å². The van der Waals surface area contributed by atoms with Crippen LogP contribution in [0.15, 0.2) is 18.2 Å². The molecule has 0 aliphatic carbocycles. The van der Waals surface area contributed by atoms with Gasteiger partial charge in [0.15, 0.2) is 0 Å². The van der Waals surface area contributed by atoms with Gasteiger partial charge in [0.25, 0.3) is 0 Å². The molecule has 90 valence electrons. The first kappa shape index (κ1) is 11.3. The minimum Gasteiger partial charge on any atom is -0.464 e. The van der Waals surface area contributed by atoms with Crippen LogP contribution in [0.1, 0.15) is 17.5 Å². The van der Waals surface area contributed by atoms with Crippen LogP contribution < -0.4 is 4.90 Å². The average Bonchev–Trinajstić information content (AvgIpc) is 2.94. The number of rotatable bonds is 2. The van der Waals surface area contributed by atoms with E-state index in [0.29, 0.717) is 6.61 Å². The molecule has 1 atom stereocenters. The number of cyclic esters (lactones) is 1. The number of fused-ring (bicyclic) bond motifs is 1. The number of hydrogen-bond donors (Lipinski definition) is 0. The Morgan fingerprint density at radius 1 is 1.47 bits per heavy atom. The van der Waals surface area contributed by atoms with Crippen molar-refractivity contribution in [3.8, 4) is 0 Å². The number of halogens is 1. The van der Waals surface area contributed by atoms with E-state index in [9.17, 15) is 4.79 Å². The van der Waals surface area contributed by atoms with Gasteiger partial charge in [0.1, 0.15) is 6.04 Å². The molecule has 17 heavy (non-hydrogen) atoms. The van der Waals surface area contributed by atoms with Crippen molar-refractivity contribution >= 4 is 34.2 Å². The molecule has 0 saturated carbocycles. The smallest absolute Gasteiger partial charge is 0.328 e. The van der Waals surface area contributed by atoms with Crippen molar-refractivity contribution in [3.63, 3.8) is 0 Å². The van der Waals surface area contributed by atoms with Crippen molar-refractivity contribution in [1.29, 1.82) is 0 Å². The number of hydrogen-bond acceptors (Lipinski definition) is 3. The lowest BCUT2D eigenvalue weighted by molar-refractivity contribution is -0.139. The maximum Gasteiger partial charge on any atom is 0.328 e. The Morgan fingerprint density at radius 2 is 2.35 bits per heavy atom. The van der Waals surface area contributed by atoms with Crippen LogP contribution in [-0.2, 0) is 20.4 Å². The van der Waals surface area contributed by atoms with Crippen LogP contribution in [0.4, 0.5) is 5.69 Å². The van der Waals surface area contributed by atoms with Crippen molar-refractivity contribution in [2.24, 2.45) is 0 Å². The summed E-state index contributed by atoms with van der Waals surface area (Å²) in [6.07, 6.45) is 1.88. The van der Waals surface area contributed by atoms with Gasteiger partial charge in [-0.1, -0.05) is 34.7 Å². The van der Waals surface area contributed by atoms with E-state index in [-0.39, 0.29) is 12.0 Å². The Hall–Kier alpha value is -0.780. The highest BCUT2D eigenvalue weighted by atomic mass is 127. The molecule has 1 aromatic carbocycles. The van der Waals surface area contributed by atoms with Crippen molar-refractivity contribution in [2.75, 3.05) is 18.1 Å². The number of alkyl halides is 1. The summed E-state index contributed by atoms with van der Waals surface area (Å²) in [4.78, 5) is 13.9. The largest absolute Gasteiger partial charge is 0.464 e. The summed E-state index contributed by atoms with van der Waals surface area (Å²) < 4.78 is 6.10. The third-order valence-corrected chi connectivity index (χ3v) is 4.41. The van der Waals surface area contributed by atoms with Gasteiger partial charge in [0.05, 0.1) is 6.61 Å². The van der Waals surface area contributed by atoms with E-state index in [2.05, 4.69) is 45.7 Å². The lowest BCUT2D eigenvalue weighted by Crippen LogP contribution is -2.37. The number of anilines is 1. The normalized spacial score (nSPS) is 22.8. The van der Waals surface area contributed by atoms with Gasteiger partial charge in [0.2, 0.25) is 0 Å². The van der Waals surface area contributed by atoms with Crippen LogP contribution in [0.25, 0.3) is 0 Å². The molecule has 2 aliphatic rings. The molecule has 3 nitrogen and oxygen atoms in total. The number of esters is 1. The van der Waals surface area contributed by atoms with Crippen LogP contribution >= 0.6 is 22.6 Å². The van der Waals surface area contributed by atoms with E-state index in [1.807, 2.05) is 0 Å². The Morgan fingerprint density at radius 3 is 3.06 bits per heavy atom. The first-order valence-corrected chi connectivity index (χ1v) is 7.44. The lowest BCUT2D eigenvalue weighted by atomic mass is 10.1. The number of benzene rings is 1. The molecular formula is C13H14INO2. The van der Waals surface area contributed by atoms with E-state index < -0.39 is 0 Å². The third kappa shape index (κ3) is 1.82. The van der Waals surface area contributed by atoms with Gasteiger partial charge in [-0.05, 0) is 23.6 Å². The fourth-order valence-corrected chi connectivity index (χ4v) is 3.46. The lowest BCUT2D eigenvalue weighted by Gasteiger charge is -2.23. The van der Waals surface area contributed by atoms with Crippen molar-refractivity contribution in [1.82, 2.24) is 0 Å². The highest BCUT2D eigenvalue weighted by Gasteiger charge is 2.36. The summed E-state index contributed by atoms with van der Waals surface area (Å²) in [5, 5.41) is 0. The molecule has 0 amide bonds. The average molecular weight is 343 g/mol. The highest BCUT2D eigenvalue weighted by molar-refractivity contribution is 14.1. The number of ether oxygens (including phenoxy) is 1. The topological polar surface area (TPSA) is 29.5 Å². The first-order valence-electron chi connectivity index (χ1n) is 5.91. The molecule has 0 aromatic heterocycles. The summed E-state index contributed by atoms with van der Waals surface area (Å²) in [6, 6.07) is 6.34. The molecule has 3 rings (SSSR count). The molecule has 1 aromatic rings. The fourth-order valence-electron chi connectivity index (χ4n) is 2.75. The van der Waals surface area contributed by atoms with Crippen LogP contribution in [0.3, 0.4) is 0 Å². The van der Waals surface area contributed by atoms with Gasteiger partial charge in [0, 0.05) is 23.1 Å². The minimum atomic E-state index is -0.0577. The molecule has 0 N–H and O–H groups in total. The van der Waals surface area contributed by atoms with Crippen molar-refractivity contribution in [3.05, 3.63) is 29.3 Å². The van der Waals surface area contributed by atoms with E-state index in [0.717, 1.165) is 23.8 Å². The Labute approximate surface area is 114 Å². The summed E-state index contributed by atoms with van der Waals surface area (Å²) >= 11 is 2.40. The zero-order valence-corrected chi connectivity index (χ0v) is 11.6. The summed E-state index contributed by atoms with van der Waals surface area (Å²) in [5.41, 5.74) is 4.06. The van der Waals surface area contributed by atoms with Gasteiger partial charge in [-0.15, -0.1) is 0 Å². The van der Waals surface area contributed by atoms with Gasteiger partial charge in [-0.25, -0.2) is 4.79 Å². The number of nitrogens with zero attached hydrogens (tertiary/aromatic N) is 1. The van der Waals surface area contributed by atoms with Gasteiger partial charge >= 0.3 is 5.97 Å². The summed E-state index contributed by atoms with van der Waals surface area (Å²) in [7, 11) is 0. The van der Waals surface area contributed by atoms with Crippen LogP contribution in [-0.4, -0.2) is 25.2 Å². The second-order valence-corrected chi connectivity index (χ2v) is 5.23. The van der Waals surface area contributed by atoms with E-state index in [1.54, 1.807) is 0 Å². The van der Waals surface area contributed by atoms with Crippen LogP contribution in [0.5, 0.6) is 0 Å². The number of carbonyl (C=O) groups is 1. The van der Waals surface area contributed by atoms with Crippen LogP contribution in [0, 0.1) is 0 Å². The van der Waals surface area contributed by atoms with Crippen LogP contribution in [0.2, 0.25) is 0 Å². The standard InChI is InChI=1S/C13H14INO2/c14-8-9-2-1-3-11-10(9)4-6-15(11)12-5-7-17-13(12)16/h1-3,12H,4-8H2/t12-/m0/s1. The molecule has 1 fully saturated rings. The Kier molecular flexibility index (Phi) is 2.98. The quantitative estimate of drug-likeness (QED) is 0.469. The zero-order chi connectivity index (χ0) is 11.8. The molecule has 0 spiro atoms. The molecule has 0 unspecified atom stereocenters. The first-order chi connectivity index (χ1) is 8.31. The molecule has 0 radical (unpaired) electrons. The highest BCUT2D eigenvalue weighted by Crippen LogP contribution is 2.34. The molecule has 0 bridgehead atoms. The monoisotopic (exact) mass is 343 g/mol. The van der Waals surface area contributed by atoms with E-state index in [1.165, 1.54) is 16.8 Å². The molecule has 2 heterocycles. The fraction of sp³-hybridized carbons (Fsp3) is 0.462. The van der Waals surface area contributed by atoms with E-state index in [4.69, 9.17) is 4.74 Å². The molecule has 1 saturated heterocycles. The van der Waals surface area contributed by atoms with Crippen molar-refractivity contribution in [2.45, 2.75) is 23.3 Å². The third-order valence-electron chi connectivity index (χ3n) is 3.59. The zero-order valence-electron chi connectivity index (χ0n) is 9.49. The predicted molar refractivity (Wildman–Crippen MR) is 74.6 cm³/mol. The van der Waals surface area contributed by atoms with Gasteiger partial charge in [-0.2, -0.15) is 0 Å². The minimum absolute atomic E-state index is 0.0549. The number of carbonyl (C=O) groups excluding carboxylic acids is 1. The van der Waals surface area contributed by atoms with Crippen molar-refractivity contribution < 1.29 is 9.53 Å². The molecular weight excluding hydrogens is 329 g/mol. The SMILES string of the molecule is O=C1OCC[C@@H]1N1CCc2c(CI)cccc21.